The molecule has 104 valence electrons. The summed E-state index contributed by atoms with van der Waals surface area (Å²) in [7, 11) is 0. The summed E-state index contributed by atoms with van der Waals surface area (Å²) >= 11 is 0. The minimum atomic E-state index is -0.882. The fourth-order valence-corrected chi connectivity index (χ4v) is 2.47. The second kappa shape index (κ2) is 6.12. The van der Waals surface area contributed by atoms with Crippen molar-refractivity contribution in [2.24, 2.45) is 0 Å². The SMILES string of the molecule is Cc1cc(C(C(=O)O)N2CCCNCC2)ccc1F. The van der Waals surface area contributed by atoms with E-state index in [4.69, 9.17) is 0 Å². The zero-order valence-electron chi connectivity index (χ0n) is 11.0. The van der Waals surface area contributed by atoms with E-state index in [9.17, 15) is 14.3 Å². The van der Waals surface area contributed by atoms with Crippen molar-refractivity contribution in [1.82, 2.24) is 10.2 Å². The first-order valence-electron chi connectivity index (χ1n) is 6.53. The minimum absolute atomic E-state index is 0.301. The predicted molar refractivity (Wildman–Crippen MR) is 70.6 cm³/mol. The molecule has 19 heavy (non-hydrogen) atoms. The van der Waals surface area contributed by atoms with Crippen molar-refractivity contribution >= 4 is 5.97 Å². The standard InChI is InChI=1S/C14H19FN2O2/c1-10-9-11(3-4-12(10)15)13(14(18)19)17-7-2-5-16-6-8-17/h3-4,9,13,16H,2,5-8H2,1H3,(H,18,19). The third-order valence-electron chi connectivity index (χ3n) is 3.47. The quantitative estimate of drug-likeness (QED) is 0.871. The molecule has 0 saturated carbocycles. The molecule has 2 rings (SSSR count). The van der Waals surface area contributed by atoms with Crippen molar-refractivity contribution in [2.45, 2.75) is 19.4 Å². The number of rotatable bonds is 3. The molecular weight excluding hydrogens is 247 g/mol. The first-order chi connectivity index (χ1) is 9.09. The first kappa shape index (κ1) is 14.0. The van der Waals surface area contributed by atoms with E-state index in [1.165, 1.54) is 6.07 Å². The molecule has 4 nitrogen and oxygen atoms in total. The second-order valence-corrected chi connectivity index (χ2v) is 4.89. The van der Waals surface area contributed by atoms with Crippen LogP contribution in [0.3, 0.4) is 0 Å². The van der Waals surface area contributed by atoms with E-state index in [0.717, 1.165) is 26.1 Å². The molecule has 0 aliphatic carbocycles. The van der Waals surface area contributed by atoms with E-state index in [1.807, 2.05) is 4.90 Å². The third kappa shape index (κ3) is 3.30. The summed E-state index contributed by atoms with van der Waals surface area (Å²) in [5.74, 6) is -1.18. The Morgan fingerprint density at radius 1 is 1.42 bits per heavy atom. The van der Waals surface area contributed by atoms with Crippen molar-refractivity contribution in [1.29, 1.82) is 0 Å². The Hall–Kier alpha value is -1.46. The highest BCUT2D eigenvalue weighted by Gasteiger charge is 2.28. The van der Waals surface area contributed by atoms with Gasteiger partial charge >= 0.3 is 5.97 Å². The first-order valence-corrected chi connectivity index (χ1v) is 6.53. The van der Waals surface area contributed by atoms with Gasteiger partial charge in [0, 0.05) is 19.6 Å². The van der Waals surface area contributed by atoms with Crippen LogP contribution >= 0.6 is 0 Å². The summed E-state index contributed by atoms with van der Waals surface area (Å²) in [6.45, 7) is 4.77. The van der Waals surface area contributed by atoms with Crippen LogP contribution in [-0.4, -0.2) is 42.2 Å². The van der Waals surface area contributed by atoms with Gasteiger partial charge in [-0.3, -0.25) is 9.69 Å². The van der Waals surface area contributed by atoms with Crippen LogP contribution < -0.4 is 5.32 Å². The number of carboxylic acids is 1. The topological polar surface area (TPSA) is 52.6 Å². The number of nitrogens with zero attached hydrogens (tertiary/aromatic N) is 1. The van der Waals surface area contributed by atoms with Gasteiger partial charge in [-0.1, -0.05) is 12.1 Å². The second-order valence-electron chi connectivity index (χ2n) is 4.89. The van der Waals surface area contributed by atoms with Gasteiger partial charge in [0.25, 0.3) is 0 Å². The van der Waals surface area contributed by atoms with E-state index in [-0.39, 0.29) is 5.82 Å². The summed E-state index contributed by atoms with van der Waals surface area (Å²) in [5, 5.41) is 12.7. The van der Waals surface area contributed by atoms with Gasteiger partial charge in [0.05, 0.1) is 0 Å². The maximum Gasteiger partial charge on any atom is 0.325 e. The molecule has 1 aromatic carbocycles. The Bertz CT molecular complexity index is 457. The number of halogens is 1. The predicted octanol–water partition coefficient (Wildman–Crippen LogP) is 1.56. The Morgan fingerprint density at radius 3 is 2.89 bits per heavy atom. The molecule has 1 heterocycles. The van der Waals surface area contributed by atoms with Crippen LogP contribution in [-0.2, 0) is 4.79 Å². The molecule has 1 aliphatic rings. The summed E-state index contributed by atoms with van der Waals surface area (Å²) in [6.07, 6.45) is 0.921. The summed E-state index contributed by atoms with van der Waals surface area (Å²) in [5.41, 5.74) is 1.13. The van der Waals surface area contributed by atoms with E-state index < -0.39 is 12.0 Å². The molecule has 1 fully saturated rings. The molecule has 2 N–H and O–H groups in total. The Morgan fingerprint density at radius 2 is 2.21 bits per heavy atom. The third-order valence-corrected chi connectivity index (χ3v) is 3.47. The highest BCUT2D eigenvalue weighted by molar-refractivity contribution is 5.75. The summed E-state index contributed by atoms with van der Waals surface area (Å²) in [6, 6.07) is 3.85. The molecule has 1 aliphatic heterocycles. The number of aliphatic carboxylic acids is 1. The monoisotopic (exact) mass is 266 g/mol. The number of nitrogens with one attached hydrogen (secondary N) is 1. The maximum atomic E-state index is 13.3. The molecule has 0 radical (unpaired) electrons. The van der Waals surface area contributed by atoms with Crippen molar-refractivity contribution < 1.29 is 14.3 Å². The molecule has 1 saturated heterocycles. The van der Waals surface area contributed by atoms with Gasteiger partial charge < -0.3 is 10.4 Å². The van der Waals surface area contributed by atoms with Crippen LogP contribution in [0.25, 0.3) is 0 Å². The minimum Gasteiger partial charge on any atom is -0.480 e. The average Bonchev–Trinajstić information content (AvgIpc) is 2.62. The number of hydrogen-bond donors (Lipinski definition) is 2. The average molecular weight is 266 g/mol. The van der Waals surface area contributed by atoms with Gasteiger partial charge in [-0.2, -0.15) is 0 Å². The highest BCUT2D eigenvalue weighted by Crippen LogP contribution is 2.23. The van der Waals surface area contributed by atoms with Gasteiger partial charge in [-0.05, 0) is 37.1 Å². The van der Waals surface area contributed by atoms with Crippen LogP contribution in [0.15, 0.2) is 18.2 Å². The van der Waals surface area contributed by atoms with Crippen LogP contribution in [0.2, 0.25) is 0 Å². The van der Waals surface area contributed by atoms with Gasteiger partial charge in [0.2, 0.25) is 0 Å². The maximum absolute atomic E-state index is 13.3. The normalized spacial score (nSPS) is 18.8. The zero-order chi connectivity index (χ0) is 13.8. The molecule has 1 unspecified atom stereocenters. The van der Waals surface area contributed by atoms with E-state index in [1.54, 1.807) is 19.1 Å². The molecule has 0 aromatic heterocycles. The van der Waals surface area contributed by atoms with E-state index >= 15 is 0 Å². The zero-order valence-corrected chi connectivity index (χ0v) is 11.0. The summed E-state index contributed by atoms with van der Waals surface area (Å²) in [4.78, 5) is 13.5. The number of carbonyl (C=O) groups is 1. The van der Waals surface area contributed by atoms with Crippen LogP contribution in [0.1, 0.15) is 23.6 Å². The Balaban J connectivity index is 2.27. The van der Waals surface area contributed by atoms with Crippen molar-refractivity contribution in [3.8, 4) is 0 Å². The van der Waals surface area contributed by atoms with E-state index in [2.05, 4.69) is 5.32 Å². The Kier molecular flexibility index (Phi) is 4.50. The lowest BCUT2D eigenvalue weighted by Crippen LogP contribution is -2.36. The number of aryl methyl sites for hydroxylation is 1. The molecule has 0 amide bonds. The van der Waals surface area contributed by atoms with Gasteiger partial charge in [0.15, 0.2) is 0 Å². The lowest BCUT2D eigenvalue weighted by Gasteiger charge is -2.27. The summed E-state index contributed by atoms with van der Waals surface area (Å²) < 4.78 is 13.3. The fraction of sp³-hybridized carbons (Fsp3) is 0.500. The van der Waals surface area contributed by atoms with Gasteiger partial charge in [-0.15, -0.1) is 0 Å². The van der Waals surface area contributed by atoms with Gasteiger partial charge in [0.1, 0.15) is 11.9 Å². The molecule has 1 atom stereocenters. The number of benzene rings is 1. The van der Waals surface area contributed by atoms with Crippen molar-refractivity contribution in [3.63, 3.8) is 0 Å². The molecular formula is C14H19FN2O2. The molecule has 0 bridgehead atoms. The lowest BCUT2D eigenvalue weighted by molar-refractivity contribution is -0.143. The van der Waals surface area contributed by atoms with Crippen molar-refractivity contribution in [2.75, 3.05) is 26.2 Å². The lowest BCUT2D eigenvalue weighted by atomic mass is 10.0. The number of carboxylic acid groups (broad SMARTS) is 1. The van der Waals surface area contributed by atoms with Crippen molar-refractivity contribution in [3.05, 3.63) is 35.1 Å². The molecule has 5 heteroatoms. The van der Waals surface area contributed by atoms with E-state index in [0.29, 0.717) is 17.7 Å². The largest absolute Gasteiger partial charge is 0.480 e. The number of hydrogen-bond acceptors (Lipinski definition) is 3. The molecule has 1 aromatic rings. The van der Waals surface area contributed by atoms with Crippen LogP contribution in [0, 0.1) is 12.7 Å². The van der Waals surface area contributed by atoms with Gasteiger partial charge in [-0.25, -0.2) is 4.39 Å². The fourth-order valence-electron chi connectivity index (χ4n) is 2.47. The Labute approximate surface area is 112 Å². The smallest absolute Gasteiger partial charge is 0.325 e. The van der Waals surface area contributed by atoms with Crippen LogP contribution in [0.4, 0.5) is 4.39 Å². The highest BCUT2D eigenvalue weighted by atomic mass is 19.1. The molecule has 0 spiro atoms. The van der Waals surface area contributed by atoms with Crippen LogP contribution in [0.5, 0.6) is 0 Å².